The Hall–Kier alpha value is -0.640. The van der Waals surface area contributed by atoms with Gasteiger partial charge in [0.2, 0.25) is 0 Å². The summed E-state index contributed by atoms with van der Waals surface area (Å²) in [4.78, 5) is 0. The van der Waals surface area contributed by atoms with Crippen molar-refractivity contribution in [1.82, 2.24) is 5.32 Å². The lowest BCUT2D eigenvalue weighted by Gasteiger charge is -2.22. The average Bonchev–Trinajstić information content (AvgIpc) is 2.36. The summed E-state index contributed by atoms with van der Waals surface area (Å²) in [5.74, 6) is -0.361. The second kappa shape index (κ2) is 6.34. The summed E-state index contributed by atoms with van der Waals surface area (Å²) in [5.41, 5.74) is 0.794. The summed E-state index contributed by atoms with van der Waals surface area (Å²) in [6.45, 7) is 2.23. The molecule has 1 fully saturated rings. The zero-order valence-corrected chi connectivity index (χ0v) is 10.5. The van der Waals surface area contributed by atoms with E-state index in [4.69, 9.17) is 16.3 Å². The lowest BCUT2D eigenvalue weighted by Crippen LogP contribution is -2.31. The van der Waals surface area contributed by atoms with E-state index < -0.39 is 0 Å². The second-order valence-corrected chi connectivity index (χ2v) is 4.71. The van der Waals surface area contributed by atoms with Crippen LogP contribution in [0, 0.1) is 5.82 Å². The van der Waals surface area contributed by atoms with Crippen molar-refractivity contribution in [2.45, 2.75) is 31.9 Å². The number of hydrogen-bond donors (Lipinski definition) is 1. The molecule has 2 rings (SSSR count). The standard InChI is InChI=1S/C13H17ClFNO/c14-13-10(4-3-6-12(13)15)8-16-9-11-5-1-2-7-17-11/h3-4,6,11,16H,1-2,5,7-9H2. The third-order valence-corrected chi connectivity index (χ3v) is 3.42. The first-order valence-corrected chi connectivity index (χ1v) is 6.40. The minimum absolute atomic E-state index is 0.213. The predicted octanol–water partition coefficient (Wildman–Crippen LogP) is 3.14. The molecule has 1 aromatic rings. The molecule has 94 valence electrons. The molecule has 0 amide bonds. The highest BCUT2D eigenvalue weighted by Gasteiger charge is 2.13. The lowest BCUT2D eigenvalue weighted by molar-refractivity contribution is 0.0168. The molecule has 1 aliphatic heterocycles. The van der Waals surface area contributed by atoms with Crippen LogP contribution in [0.2, 0.25) is 5.02 Å². The highest BCUT2D eigenvalue weighted by atomic mass is 35.5. The summed E-state index contributed by atoms with van der Waals surface area (Å²) in [7, 11) is 0. The Morgan fingerprint density at radius 1 is 1.41 bits per heavy atom. The number of nitrogens with one attached hydrogen (secondary N) is 1. The van der Waals surface area contributed by atoms with E-state index in [0.29, 0.717) is 6.54 Å². The van der Waals surface area contributed by atoms with Crippen LogP contribution in [-0.2, 0) is 11.3 Å². The van der Waals surface area contributed by atoms with Gasteiger partial charge in [0.25, 0.3) is 0 Å². The first kappa shape index (κ1) is 12.8. The van der Waals surface area contributed by atoms with E-state index >= 15 is 0 Å². The molecule has 1 N–H and O–H groups in total. The summed E-state index contributed by atoms with van der Waals surface area (Å²) < 4.78 is 18.8. The van der Waals surface area contributed by atoms with Crippen molar-refractivity contribution < 1.29 is 9.13 Å². The number of ether oxygens (including phenoxy) is 1. The Bertz CT molecular complexity index is 366. The molecular formula is C13H17ClFNO. The van der Waals surface area contributed by atoms with Crippen molar-refractivity contribution in [2.75, 3.05) is 13.2 Å². The van der Waals surface area contributed by atoms with Gasteiger partial charge in [-0.15, -0.1) is 0 Å². The van der Waals surface area contributed by atoms with Crippen LogP contribution < -0.4 is 5.32 Å². The molecule has 0 spiro atoms. The van der Waals surface area contributed by atoms with Crippen molar-refractivity contribution in [2.24, 2.45) is 0 Å². The van der Waals surface area contributed by atoms with Crippen molar-refractivity contribution in [3.8, 4) is 0 Å². The minimum atomic E-state index is -0.361. The zero-order chi connectivity index (χ0) is 12.1. The highest BCUT2D eigenvalue weighted by Crippen LogP contribution is 2.19. The highest BCUT2D eigenvalue weighted by molar-refractivity contribution is 6.31. The van der Waals surface area contributed by atoms with Crippen LogP contribution in [-0.4, -0.2) is 19.3 Å². The fourth-order valence-electron chi connectivity index (χ4n) is 2.02. The van der Waals surface area contributed by atoms with E-state index in [9.17, 15) is 4.39 Å². The van der Waals surface area contributed by atoms with Gasteiger partial charge in [-0.05, 0) is 30.9 Å². The Balaban J connectivity index is 1.79. The van der Waals surface area contributed by atoms with Gasteiger partial charge in [0.15, 0.2) is 0 Å². The lowest BCUT2D eigenvalue weighted by atomic mass is 10.1. The van der Waals surface area contributed by atoms with E-state index in [1.54, 1.807) is 6.07 Å². The molecular weight excluding hydrogens is 241 g/mol. The molecule has 4 heteroatoms. The molecule has 1 aromatic carbocycles. The first-order chi connectivity index (χ1) is 8.27. The summed E-state index contributed by atoms with van der Waals surface area (Å²) in [5, 5.41) is 3.48. The van der Waals surface area contributed by atoms with E-state index in [2.05, 4.69) is 5.32 Å². The molecule has 0 bridgehead atoms. The second-order valence-electron chi connectivity index (χ2n) is 4.33. The number of benzene rings is 1. The van der Waals surface area contributed by atoms with Gasteiger partial charge in [-0.25, -0.2) is 4.39 Å². The Kier molecular flexibility index (Phi) is 4.77. The molecule has 0 radical (unpaired) electrons. The topological polar surface area (TPSA) is 21.3 Å². The molecule has 17 heavy (non-hydrogen) atoms. The molecule has 0 aliphatic carbocycles. The maximum Gasteiger partial charge on any atom is 0.142 e. The molecule has 1 atom stereocenters. The molecule has 1 unspecified atom stereocenters. The SMILES string of the molecule is Fc1cccc(CNCC2CCCCO2)c1Cl. The van der Waals surface area contributed by atoms with Gasteiger partial charge >= 0.3 is 0 Å². The van der Waals surface area contributed by atoms with Gasteiger partial charge in [0.1, 0.15) is 5.82 Å². The molecule has 1 heterocycles. The summed E-state index contributed by atoms with van der Waals surface area (Å²) >= 11 is 5.87. The monoisotopic (exact) mass is 257 g/mol. The van der Waals surface area contributed by atoms with Gasteiger partial charge in [0.05, 0.1) is 11.1 Å². The smallest absolute Gasteiger partial charge is 0.142 e. The van der Waals surface area contributed by atoms with Crippen molar-refractivity contribution in [3.63, 3.8) is 0 Å². The number of halogens is 2. The minimum Gasteiger partial charge on any atom is -0.377 e. The molecule has 1 saturated heterocycles. The van der Waals surface area contributed by atoms with Crippen molar-refractivity contribution >= 4 is 11.6 Å². The first-order valence-electron chi connectivity index (χ1n) is 6.02. The van der Waals surface area contributed by atoms with Crippen molar-refractivity contribution in [1.29, 1.82) is 0 Å². The number of rotatable bonds is 4. The third-order valence-electron chi connectivity index (χ3n) is 2.99. The third kappa shape index (κ3) is 3.66. The van der Waals surface area contributed by atoms with Crippen LogP contribution >= 0.6 is 11.6 Å². The summed E-state index contributed by atoms with van der Waals surface area (Å²) in [6, 6.07) is 4.88. The van der Waals surface area contributed by atoms with Crippen molar-refractivity contribution in [3.05, 3.63) is 34.6 Å². The molecule has 2 nitrogen and oxygen atoms in total. The van der Waals surface area contributed by atoms with E-state index in [-0.39, 0.29) is 16.9 Å². The van der Waals surface area contributed by atoms with Crippen LogP contribution in [0.1, 0.15) is 24.8 Å². The molecule has 0 aromatic heterocycles. The fraction of sp³-hybridized carbons (Fsp3) is 0.538. The Morgan fingerprint density at radius 3 is 3.06 bits per heavy atom. The Morgan fingerprint density at radius 2 is 2.29 bits per heavy atom. The fourth-order valence-corrected chi connectivity index (χ4v) is 2.21. The molecule has 1 aliphatic rings. The predicted molar refractivity (Wildman–Crippen MR) is 66.7 cm³/mol. The molecule has 0 saturated carbocycles. The quantitative estimate of drug-likeness (QED) is 0.895. The van der Waals surface area contributed by atoms with Crippen LogP contribution in [0.3, 0.4) is 0 Å². The number of hydrogen-bond acceptors (Lipinski definition) is 2. The van der Waals surface area contributed by atoms with Gasteiger partial charge in [-0.2, -0.15) is 0 Å². The Labute approximate surface area is 106 Å². The maximum atomic E-state index is 13.2. The van der Waals surface area contributed by atoms with Crippen LogP contribution in [0.15, 0.2) is 18.2 Å². The van der Waals surface area contributed by atoms with E-state index in [0.717, 1.165) is 31.6 Å². The van der Waals surface area contributed by atoms with Gasteiger partial charge < -0.3 is 10.1 Å². The van der Waals surface area contributed by atoms with Crippen LogP contribution in [0.4, 0.5) is 4.39 Å². The van der Waals surface area contributed by atoms with E-state index in [1.807, 2.05) is 6.07 Å². The normalized spacial score (nSPS) is 20.5. The van der Waals surface area contributed by atoms with Crippen LogP contribution in [0.25, 0.3) is 0 Å². The van der Waals surface area contributed by atoms with Gasteiger partial charge in [0, 0.05) is 19.7 Å². The zero-order valence-electron chi connectivity index (χ0n) is 9.72. The van der Waals surface area contributed by atoms with E-state index in [1.165, 1.54) is 12.5 Å². The maximum absolute atomic E-state index is 13.2. The van der Waals surface area contributed by atoms with Gasteiger partial charge in [-0.1, -0.05) is 23.7 Å². The van der Waals surface area contributed by atoms with Gasteiger partial charge in [-0.3, -0.25) is 0 Å². The van der Waals surface area contributed by atoms with Crippen LogP contribution in [0.5, 0.6) is 0 Å². The average molecular weight is 258 g/mol. The largest absolute Gasteiger partial charge is 0.377 e. The summed E-state index contributed by atoms with van der Waals surface area (Å²) in [6.07, 6.45) is 3.78.